The SMILES string of the molecule is CC1(C)CC(=O)C2=C(C1)N(c1nnc(SCC(=O)Nc3cccnc3Cl)s1)C(N)=C(C#N)C2c1ccccc1F. The van der Waals surface area contributed by atoms with Gasteiger partial charge in [0.05, 0.1) is 29.0 Å². The highest BCUT2D eigenvalue weighted by Crippen LogP contribution is 2.51. The number of halogens is 2. The molecule has 0 radical (unpaired) electrons. The third kappa shape index (κ3) is 5.32. The van der Waals surface area contributed by atoms with Crippen LogP contribution in [0.1, 0.15) is 38.2 Å². The summed E-state index contributed by atoms with van der Waals surface area (Å²) in [6.45, 7) is 3.94. The van der Waals surface area contributed by atoms with E-state index in [2.05, 4.69) is 26.6 Å². The van der Waals surface area contributed by atoms with Gasteiger partial charge in [-0.25, -0.2) is 9.37 Å². The van der Waals surface area contributed by atoms with Crippen LogP contribution in [0.4, 0.5) is 15.2 Å². The van der Waals surface area contributed by atoms with Crippen LogP contribution in [0, 0.1) is 22.6 Å². The maximum absolute atomic E-state index is 15.0. The molecule has 9 nitrogen and oxygen atoms in total. The molecule has 0 fully saturated rings. The van der Waals surface area contributed by atoms with Crippen LogP contribution >= 0.6 is 34.7 Å². The van der Waals surface area contributed by atoms with Gasteiger partial charge in [0.1, 0.15) is 11.6 Å². The summed E-state index contributed by atoms with van der Waals surface area (Å²) in [5, 5.41) is 21.9. The highest BCUT2D eigenvalue weighted by molar-refractivity contribution is 8.01. The minimum absolute atomic E-state index is 0.0312. The smallest absolute Gasteiger partial charge is 0.234 e. The molecule has 1 unspecified atom stereocenters. The Balaban J connectivity index is 1.48. The van der Waals surface area contributed by atoms with E-state index < -0.39 is 17.2 Å². The number of allylic oxidation sites excluding steroid dienone is 3. The fraction of sp³-hybridized carbons (Fsp3) is 0.259. The molecule has 0 spiro atoms. The Morgan fingerprint density at radius 1 is 1.30 bits per heavy atom. The number of nitrogens with zero attached hydrogens (tertiary/aromatic N) is 5. The van der Waals surface area contributed by atoms with Crippen molar-refractivity contribution in [1.29, 1.82) is 5.26 Å². The van der Waals surface area contributed by atoms with Crippen molar-refractivity contribution >= 4 is 57.2 Å². The molecule has 0 bridgehead atoms. The van der Waals surface area contributed by atoms with E-state index in [-0.39, 0.29) is 46.0 Å². The normalized spacial score (nSPS) is 18.4. The number of amides is 1. The lowest BCUT2D eigenvalue weighted by atomic mass is 9.68. The first-order chi connectivity index (χ1) is 19.1. The summed E-state index contributed by atoms with van der Waals surface area (Å²) in [6, 6.07) is 11.5. The molecule has 2 aromatic heterocycles. The van der Waals surface area contributed by atoms with Gasteiger partial charge in [-0.15, -0.1) is 10.2 Å². The van der Waals surface area contributed by atoms with Crippen LogP contribution < -0.4 is 16.0 Å². The molecule has 1 atom stereocenters. The van der Waals surface area contributed by atoms with Crippen molar-refractivity contribution in [3.63, 3.8) is 0 Å². The van der Waals surface area contributed by atoms with Gasteiger partial charge in [0.2, 0.25) is 11.0 Å². The molecule has 1 aliphatic heterocycles. The Labute approximate surface area is 242 Å². The maximum Gasteiger partial charge on any atom is 0.234 e. The Kier molecular flexibility index (Phi) is 7.63. The summed E-state index contributed by atoms with van der Waals surface area (Å²) in [7, 11) is 0. The fourth-order valence-electron chi connectivity index (χ4n) is 4.89. The highest BCUT2D eigenvalue weighted by Gasteiger charge is 2.46. The summed E-state index contributed by atoms with van der Waals surface area (Å²) in [5.74, 6) is -1.83. The van der Waals surface area contributed by atoms with E-state index in [0.717, 1.165) is 11.8 Å². The average molecular weight is 596 g/mol. The highest BCUT2D eigenvalue weighted by atomic mass is 35.5. The molecule has 0 saturated heterocycles. The lowest BCUT2D eigenvalue weighted by Crippen LogP contribution is -2.42. The second-order valence-electron chi connectivity index (χ2n) is 10.0. The molecule has 3 N–H and O–H groups in total. The Morgan fingerprint density at radius 2 is 2.08 bits per heavy atom. The van der Waals surface area contributed by atoms with Gasteiger partial charge in [-0.1, -0.05) is 66.7 Å². The first-order valence-corrected chi connectivity index (χ1v) is 14.3. The van der Waals surface area contributed by atoms with Crippen LogP contribution in [0.15, 0.2) is 69.6 Å². The number of hydrogen-bond acceptors (Lipinski definition) is 10. The third-order valence-corrected chi connectivity index (χ3v) is 8.89. The summed E-state index contributed by atoms with van der Waals surface area (Å²) >= 11 is 8.34. The summed E-state index contributed by atoms with van der Waals surface area (Å²) in [4.78, 5) is 31.5. The maximum atomic E-state index is 15.0. The third-order valence-electron chi connectivity index (χ3n) is 6.54. The zero-order valence-corrected chi connectivity index (χ0v) is 23.8. The van der Waals surface area contributed by atoms with E-state index in [1.165, 1.54) is 23.6 Å². The number of aromatic nitrogens is 3. The number of Topliss-reactive ketones (excluding diaryl/α,β-unsaturated/α-hetero) is 1. The van der Waals surface area contributed by atoms with Crippen molar-refractivity contribution in [1.82, 2.24) is 15.2 Å². The van der Waals surface area contributed by atoms with Crippen molar-refractivity contribution < 1.29 is 14.0 Å². The van der Waals surface area contributed by atoms with Crippen LogP contribution in [0.3, 0.4) is 0 Å². The van der Waals surface area contributed by atoms with E-state index in [1.807, 2.05) is 13.8 Å². The lowest BCUT2D eigenvalue weighted by Gasteiger charge is -2.42. The topological polar surface area (TPSA) is 138 Å². The predicted octanol–water partition coefficient (Wildman–Crippen LogP) is 5.40. The van der Waals surface area contributed by atoms with Crippen molar-refractivity contribution in [2.45, 2.75) is 36.9 Å². The second kappa shape index (κ2) is 11.0. The van der Waals surface area contributed by atoms with Crippen molar-refractivity contribution in [3.05, 3.63) is 81.8 Å². The Bertz CT molecular complexity index is 1630. The van der Waals surface area contributed by atoms with Crippen LogP contribution in [-0.2, 0) is 9.59 Å². The monoisotopic (exact) mass is 595 g/mol. The van der Waals surface area contributed by atoms with E-state index in [9.17, 15) is 19.2 Å². The zero-order chi connectivity index (χ0) is 28.6. The summed E-state index contributed by atoms with van der Waals surface area (Å²) in [6.07, 6.45) is 2.22. The van der Waals surface area contributed by atoms with E-state index in [0.29, 0.717) is 32.8 Å². The number of benzene rings is 1. The molecule has 1 aliphatic carbocycles. The zero-order valence-electron chi connectivity index (χ0n) is 21.4. The minimum atomic E-state index is -0.925. The van der Waals surface area contributed by atoms with Gasteiger partial charge >= 0.3 is 0 Å². The number of ketones is 1. The van der Waals surface area contributed by atoms with Gasteiger partial charge in [0, 0.05) is 29.5 Å². The molecule has 3 heterocycles. The standard InChI is InChI=1S/C27H23ClFN7O2S2/c1-27(2)10-18-22(19(37)11-27)21(14-6-3-4-7-16(14)29)15(12-30)24(31)36(18)25-34-35-26(40-25)39-13-20(38)33-17-8-5-9-32-23(17)28/h3-9,21H,10-11,13,31H2,1-2H3,(H,33,38). The van der Waals surface area contributed by atoms with Crippen LogP contribution in [0.5, 0.6) is 0 Å². The molecule has 40 heavy (non-hydrogen) atoms. The summed E-state index contributed by atoms with van der Waals surface area (Å²) < 4.78 is 15.5. The first kappa shape index (κ1) is 27.8. The summed E-state index contributed by atoms with van der Waals surface area (Å²) in [5.41, 5.74) is 7.78. The van der Waals surface area contributed by atoms with Crippen LogP contribution in [0.2, 0.25) is 5.15 Å². The number of hydrogen-bond donors (Lipinski definition) is 2. The van der Waals surface area contributed by atoms with Gasteiger partial charge in [0.25, 0.3) is 0 Å². The molecule has 0 saturated carbocycles. The largest absolute Gasteiger partial charge is 0.384 e. The number of carbonyl (C=O) groups excluding carboxylic acids is 2. The van der Waals surface area contributed by atoms with E-state index in [4.69, 9.17) is 17.3 Å². The molecule has 204 valence electrons. The molecular formula is C27H23ClFN7O2S2. The minimum Gasteiger partial charge on any atom is -0.384 e. The lowest BCUT2D eigenvalue weighted by molar-refractivity contribution is -0.118. The average Bonchev–Trinajstić information content (AvgIpc) is 3.36. The Morgan fingerprint density at radius 3 is 2.80 bits per heavy atom. The van der Waals surface area contributed by atoms with Crippen LogP contribution in [-0.4, -0.2) is 32.6 Å². The molecule has 13 heteroatoms. The predicted molar refractivity (Wildman–Crippen MR) is 152 cm³/mol. The van der Waals surface area contributed by atoms with Gasteiger partial charge in [-0.05, 0) is 30.0 Å². The molecular weight excluding hydrogens is 573 g/mol. The Hall–Kier alpha value is -3.79. The number of anilines is 2. The molecule has 2 aliphatic rings. The molecule has 5 rings (SSSR count). The quantitative estimate of drug-likeness (QED) is 0.283. The van der Waals surface area contributed by atoms with Crippen molar-refractivity contribution in [2.24, 2.45) is 11.1 Å². The molecule has 1 aromatic carbocycles. The van der Waals surface area contributed by atoms with Gasteiger partial charge in [-0.3, -0.25) is 14.5 Å². The number of nitrogens with one attached hydrogen (secondary N) is 1. The number of thioether (sulfide) groups is 1. The number of nitriles is 1. The second-order valence-corrected chi connectivity index (χ2v) is 12.6. The van der Waals surface area contributed by atoms with E-state index in [1.54, 1.807) is 35.2 Å². The van der Waals surface area contributed by atoms with Crippen molar-refractivity contribution in [2.75, 3.05) is 16.0 Å². The fourth-order valence-corrected chi connectivity index (χ4v) is 6.74. The van der Waals surface area contributed by atoms with Crippen molar-refractivity contribution in [3.8, 4) is 6.07 Å². The van der Waals surface area contributed by atoms with Crippen LogP contribution in [0.25, 0.3) is 0 Å². The first-order valence-electron chi connectivity index (χ1n) is 12.2. The van der Waals surface area contributed by atoms with E-state index >= 15 is 0 Å². The number of pyridine rings is 1. The number of carbonyl (C=O) groups is 2. The van der Waals surface area contributed by atoms with Gasteiger partial charge in [-0.2, -0.15) is 5.26 Å². The molecule has 3 aromatic rings. The molecule has 1 amide bonds. The number of nitrogens with two attached hydrogens (primary N) is 1. The van der Waals surface area contributed by atoms with Gasteiger partial charge in [0.15, 0.2) is 15.3 Å². The number of rotatable bonds is 6. The van der Waals surface area contributed by atoms with Gasteiger partial charge < -0.3 is 11.1 Å².